The van der Waals surface area contributed by atoms with Crippen LogP contribution in [-0.2, 0) is 4.74 Å². The van der Waals surface area contributed by atoms with Gasteiger partial charge in [-0.1, -0.05) is 6.92 Å². The van der Waals surface area contributed by atoms with Crippen molar-refractivity contribution in [2.45, 2.75) is 51.2 Å². The number of hydrogen-bond donors (Lipinski definition) is 2. The molecule has 17 heavy (non-hydrogen) atoms. The van der Waals surface area contributed by atoms with Crippen LogP contribution in [0.5, 0.6) is 0 Å². The van der Waals surface area contributed by atoms with Gasteiger partial charge >= 0.3 is 0 Å². The Hall–Kier alpha value is -0.260. The predicted molar refractivity (Wildman–Crippen MR) is 62.3 cm³/mol. The average Bonchev–Trinajstić information content (AvgIpc) is 2.28. The van der Waals surface area contributed by atoms with Crippen LogP contribution in [0.2, 0.25) is 0 Å². The van der Waals surface area contributed by atoms with Crippen molar-refractivity contribution in [1.29, 1.82) is 0 Å². The zero-order valence-corrected chi connectivity index (χ0v) is 10.4. The van der Waals surface area contributed by atoms with Gasteiger partial charge in [-0.3, -0.25) is 0 Å². The van der Waals surface area contributed by atoms with E-state index in [2.05, 4.69) is 12.2 Å². The Balaban J connectivity index is 2.01. The maximum absolute atomic E-state index is 11.8. The van der Waals surface area contributed by atoms with Gasteiger partial charge < -0.3 is 15.2 Å². The van der Waals surface area contributed by atoms with Crippen LogP contribution in [0, 0.1) is 5.92 Å². The van der Waals surface area contributed by atoms with Gasteiger partial charge in [0.05, 0.1) is 25.4 Å². The summed E-state index contributed by atoms with van der Waals surface area (Å²) in [5.41, 5.74) is 0. The van der Waals surface area contributed by atoms with E-state index in [1.54, 1.807) is 0 Å². The lowest BCUT2D eigenvalue weighted by molar-refractivity contribution is -0.0285. The number of ether oxygens (including phenoxy) is 1. The fourth-order valence-corrected chi connectivity index (χ4v) is 2.06. The predicted octanol–water partition coefficient (Wildman–Crippen LogP) is 1.80. The van der Waals surface area contributed by atoms with Gasteiger partial charge in [-0.05, 0) is 31.6 Å². The fraction of sp³-hybridized carbons (Fsp3) is 1.00. The van der Waals surface area contributed by atoms with Crippen LogP contribution in [0.15, 0.2) is 0 Å². The molecule has 0 bridgehead atoms. The highest BCUT2D eigenvalue weighted by Crippen LogP contribution is 2.25. The van der Waals surface area contributed by atoms with E-state index in [0.29, 0.717) is 0 Å². The van der Waals surface area contributed by atoms with E-state index >= 15 is 0 Å². The van der Waals surface area contributed by atoms with E-state index in [0.717, 1.165) is 18.8 Å². The first-order chi connectivity index (χ1) is 8.08. The van der Waals surface area contributed by atoms with Crippen molar-refractivity contribution in [3.63, 3.8) is 0 Å². The molecule has 3 nitrogen and oxygen atoms in total. The zero-order chi connectivity index (χ0) is 12.7. The van der Waals surface area contributed by atoms with Crippen LogP contribution in [0.1, 0.15) is 32.6 Å². The Morgan fingerprint density at radius 2 is 1.88 bits per heavy atom. The van der Waals surface area contributed by atoms with Crippen molar-refractivity contribution in [3.8, 4) is 0 Å². The molecule has 0 saturated heterocycles. The van der Waals surface area contributed by atoms with E-state index in [-0.39, 0.29) is 25.8 Å². The molecule has 0 amide bonds. The molecule has 0 aromatic heterocycles. The van der Waals surface area contributed by atoms with Gasteiger partial charge in [0.2, 0.25) is 0 Å². The highest BCUT2D eigenvalue weighted by Gasteiger charge is 2.19. The fourth-order valence-electron chi connectivity index (χ4n) is 2.06. The molecule has 1 aliphatic carbocycles. The van der Waals surface area contributed by atoms with Crippen molar-refractivity contribution in [3.05, 3.63) is 0 Å². The van der Waals surface area contributed by atoms with Crippen molar-refractivity contribution in [2.75, 3.05) is 19.7 Å². The largest absolute Gasteiger partial charge is 0.389 e. The molecule has 0 aromatic rings. The molecule has 1 saturated carbocycles. The maximum atomic E-state index is 11.8. The van der Waals surface area contributed by atoms with Crippen molar-refractivity contribution in [1.82, 2.24) is 5.32 Å². The van der Waals surface area contributed by atoms with Gasteiger partial charge in [0, 0.05) is 6.54 Å². The number of halogens is 2. The van der Waals surface area contributed by atoms with Crippen molar-refractivity contribution >= 4 is 0 Å². The molecular formula is C12H23F2NO2. The smallest absolute Gasteiger partial charge is 0.250 e. The Morgan fingerprint density at radius 1 is 1.24 bits per heavy atom. The monoisotopic (exact) mass is 251 g/mol. The first-order valence-electron chi connectivity index (χ1n) is 6.36. The second-order valence-electron chi connectivity index (χ2n) is 4.92. The van der Waals surface area contributed by atoms with Gasteiger partial charge in [-0.15, -0.1) is 0 Å². The normalized spacial score (nSPS) is 27.4. The molecule has 2 N–H and O–H groups in total. The lowest BCUT2D eigenvalue weighted by Gasteiger charge is -2.27. The molecule has 1 unspecified atom stereocenters. The van der Waals surface area contributed by atoms with Crippen LogP contribution >= 0.6 is 0 Å². The van der Waals surface area contributed by atoms with Gasteiger partial charge in [0.1, 0.15) is 0 Å². The van der Waals surface area contributed by atoms with Crippen LogP contribution in [0.4, 0.5) is 8.78 Å². The summed E-state index contributed by atoms with van der Waals surface area (Å²) in [4.78, 5) is 0. The highest BCUT2D eigenvalue weighted by molar-refractivity contribution is 4.71. The number of nitrogens with one attached hydrogen (secondary N) is 1. The number of alkyl halides is 2. The summed E-state index contributed by atoms with van der Waals surface area (Å²) < 4.78 is 29.2. The molecule has 1 aliphatic rings. The molecular weight excluding hydrogens is 228 g/mol. The third kappa shape index (κ3) is 6.91. The molecule has 1 fully saturated rings. The van der Waals surface area contributed by atoms with E-state index in [1.807, 2.05) is 0 Å². The lowest BCUT2D eigenvalue weighted by atomic mass is 9.89. The zero-order valence-electron chi connectivity index (χ0n) is 10.4. The molecule has 102 valence electrons. The molecule has 0 radical (unpaired) electrons. The summed E-state index contributed by atoms with van der Waals surface area (Å²) in [7, 11) is 0. The summed E-state index contributed by atoms with van der Waals surface area (Å²) >= 11 is 0. The first kappa shape index (κ1) is 14.8. The molecule has 0 aliphatic heterocycles. The second kappa shape index (κ2) is 7.95. The van der Waals surface area contributed by atoms with Crippen molar-refractivity contribution in [2.24, 2.45) is 5.92 Å². The molecule has 0 aromatic carbocycles. The number of hydrogen-bond acceptors (Lipinski definition) is 3. The molecule has 1 rings (SSSR count). The van der Waals surface area contributed by atoms with E-state index < -0.39 is 12.5 Å². The summed E-state index contributed by atoms with van der Waals surface area (Å²) in [6, 6.07) is 0. The minimum atomic E-state index is -2.37. The van der Waals surface area contributed by atoms with Crippen LogP contribution in [-0.4, -0.2) is 43.4 Å². The van der Waals surface area contributed by atoms with E-state index in [4.69, 9.17) is 4.74 Å². The SMILES string of the molecule is CC1CCC(OCC(O)CNCC(F)F)CC1. The third-order valence-electron chi connectivity index (χ3n) is 3.17. The topological polar surface area (TPSA) is 41.5 Å². The Morgan fingerprint density at radius 3 is 2.47 bits per heavy atom. The summed E-state index contributed by atoms with van der Waals surface area (Å²) in [6.07, 6.45) is 1.58. The number of rotatable bonds is 7. The van der Waals surface area contributed by atoms with E-state index in [9.17, 15) is 13.9 Å². The standard InChI is InChI=1S/C12H23F2NO2/c1-9-2-4-11(5-3-9)17-8-10(16)6-15-7-12(13)14/h9-12,15-16H,2-8H2,1H3. The molecule has 5 heteroatoms. The van der Waals surface area contributed by atoms with Gasteiger partial charge in [-0.2, -0.15) is 0 Å². The van der Waals surface area contributed by atoms with Gasteiger partial charge in [0.15, 0.2) is 0 Å². The maximum Gasteiger partial charge on any atom is 0.250 e. The average molecular weight is 251 g/mol. The van der Waals surface area contributed by atoms with Crippen LogP contribution in [0.3, 0.4) is 0 Å². The second-order valence-corrected chi connectivity index (χ2v) is 4.92. The minimum absolute atomic E-state index is 0.160. The van der Waals surface area contributed by atoms with Crippen LogP contribution in [0.25, 0.3) is 0 Å². The first-order valence-corrected chi connectivity index (χ1v) is 6.36. The van der Waals surface area contributed by atoms with Crippen molar-refractivity contribution < 1.29 is 18.6 Å². The summed E-state index contributed by atoms with van der Waals surface area (Å²) in [6.45, 7) is 2.25. The van der Waals surface area contributed by atoms with Gasteiger partial charge in [-0.25, -0.2) is 8.78 Å². The Labute approximate surface area is 102 Å². The minimum Gasteiger partial charge on any atom is -0.389 e. The molecule has 0 heterocycles. The Kier molecular flexibility index (Phi) is 6.92. The highest BCUT2D eigenvalue weighted by atomic mass is 19.3. The molecule has 0 spiro atoms. The van der Waals surface area contributed by atoms with Gasteiger partial charge in [0.25, 0.3) is 6.43 Å². The van der Waals surface area contributed by atoms with E-state index in [1.165, 1.54) is 12.8 Å². The third-order valence-corrected chi connectivity index (χ3v) is 3.17. The summed E-state index contributed by atoms with van der Waals surface area (Å²) in [5.74, 6) is 0.771. The quantitative estimate of drug-likeness (QED) is 0.725. The summed E-state index contributed by atoms with van der Waals surface area (Å²) in [5, 5.41) is 12.0. The number of aliphatic hydroxyl groups is 1. The lowest BCUT2D eigenvalue weighted by Crippen LogP contribution is -2.34. The number of aliphatic hydroxyl groups excluding tert-OH is 1. The Bertz CT molecular complexity index is 197. The molecule has 1 atom stereocenters. The van der Waals surface area contributed by atoms with Crippen LogP contribution < -0.4 is 5.32 Å².